The van der Waals surface area contributed by atoms with Crippen molar-refractivity contribution >= 4 is 8.41 Å². The van der Waals surface area contributed by atoms with Gasteiger partial charge in [0.25, 0.3) is 0 Å². The molecule has 2 aromatic carbocycles. The van der Waals surface area contributed by atoms with Crippen molar-refractivity contribution in [1.29, 1.82) is 0 Å². The van der Waals surface area contributed by atoms with Crippen LogP contribution >= 0.6 is 0 Å². The Morgan fingerprint density at radius 3 is 2.04 bits per heavy atom. The van der Waals surface area contributed by atoms with Crippen molar-refractivity contribution in [2.24, 2.45) is 0 Å². The molecule has 143 valence electrons. The van der Waals surface area contributed by atoms with E-state index in [4.69, 9.17) is 4.74 Å². The first-order valence-corrected chi connectivity index (χ1v) is 9.18. The molecule has 0 saturated heterocycles. The normalized spacial score (nSPS) is 10.5. The minimum atomic E-state index is -0.486. The fourth-order valence-electron chi connectivity index (χ4n) is 2.36. The predicted octanol–water partition coefficient (Wildman–Crippen LogP) is 4.63. The summed E-state index contributed by atoms with van der Waals surface area (Å²) in [5.41, 5.74) is 3.44. The molecule has 0 amide bonds. The van der Waals surface area contributed by atoms with Crippen molar-refractivity contribution in [2.75, 3.05) is 27.2 Å². The summed E-state index contributed by atoms with van der Waals surface area (Å²) in [5, 5.41) is 9.89. The van der Waals surface area contributed by atoms with E-state index in [2.05, 4.69) is 25.1 Å². The van der Waals surface area contributed by atoms with E-state index >= 15 is 0 Å². The summed E-state index contributed by atoms with van der Waals surface area (Å²) in [6.45, 7) is 10.9. The van der Waals surface area contributed by atoms with Gasteiger partial charge in [0.1, 0.15) is 18.5 Å². The van der Waals surface area contributed by atoms with Crippen LogP contribution < -0.4 is 4.74 Å². The fourth-order valence-corrected chi connectivity index (χ4v) is 2.36. The molecule has 0 bridgehead atoms. The second-order valence-electron chi connectivity index (χ2n) is 5.52. The van der Waals surface area contributed by atoms with Gasteiger partial charge < -0.3 is 14.7 Å². The number of hydrogen-bond acceptors (Lipinski definition) is 3. The molecule has 0 heterocycles. The topological polar surface area (TPSA) is 32.7 Å². The second-order valence-corrected chi connectivity index (χ2v) is 5.52. The summed E-state index contributed by atoms with van der Waals surface area (Å²) < 4.78 is 5.78. The lowest BCUT2D eigenvalue weighted by atomic mass is 10.00. The van der Waals surface area contributed by atoms with Crippen LogP contribution in [0.4, 0.5) is 0 Å². The Morgan fingerprint density at radius 1 is 0.923 bits per heavy atom. The SMILES string of the molecule is CC.CC.Cc1c(OC[C@H](O)CN(C)C)cccc1-c1ccccc1.[B]. The van der Waals surface area contributed by atoms with Gasteiger partial charge in [0.05, 0.1) is 0 Å². The van der Waals surface area contributed by atoms with E-state index in [1.807, 2.05) is 77.0 Å². The van der Waals surface area contributed by atoms with Crippen LogP contribution in [-0.2, 0) is 0 Å². The van der Waals surface area contributed by atoms with Crippen molar-refractivity contribution in [3.63, 3.8) is 0 Å². The van der Waals surface area contributed by atoms with Crippen molar-refractivity contribution in [1.82, 2.24) is 4.90 Å². The number of likely N-dealkylation sites (N-methyl/N-ethyl adjacent to an activating group) is 1. The van der Waals surface area contributed by atoms with Crippen LogP contribution in [0.1, 0.15) is 33.3 Å². The zero-order valence-electron chi connectivity index (χ0n) is 17.5. The van der Waals surface area contributed by atoms with Crippen molar-refractivity contribution in [3.8, 4) is 16.9 Å². The number of benzene rings is 2. The van der Waals surface area contributed by atoms with Crippen molar-refractivity contribution in [3.05, 3.63) is 54.1 Å². The van der Waals surface area contributed by atoms with Gasteiger partial charge in [-0.1, -0.05) is 70.2 Å². The Labute approximate surface area is 162 Å². The molecule has 4 heteroatoms. The summed E-state index contributed by atoms with van der Waals surface area (Å²) in [7, 11) is 3.87. The number of nitrogens with zero attached hydrogens (tertiary/aromatic N) is 1. The lowest BCUT2D eigenvalue weighted by Crippen LogP contribution is -2.30. The standard InChI is InChI=1S/C18H23NO2.2C2H6.B/c1-14-17(15-8-5-4-6-9-15)10-7-11-18(14)21-13-16(20)12-19(2)3;2*1-2;/h4-11,16,20H,12-13H2,1-3H3;2*1-2H3;/t16-;;;/m1.../s1. The Kier molecular flexibility index (Phi) is 15.7. The van der Waals surface area contributed by atoms with Crippen LogP contribution in [-0.4, -0.2) is 51.8 Å². The Hall–Kier alpha value is -1.78. The number of rotatable bonds is 6. The first kappa shape index (κ1) is 26.5. The average molecular weight is 356 g/mol. The van der Waals surface area contributed by atoms with Gasteiger partial charge in [-0.15, -0.1) is 0 Å². The quantitative estimate of drug-likeness (QED) is 0.766. The molecule has 1 atom stereocenters. The van der Waals surface area contributed by atoms with E-state index in [-0.39, 0.29) is 8.41 Å². The van der Waals surface area contributed by atoms with Gasteiger partial charge in [0.2, 0.25) is 0 Å². The van der Waals surface area contributed by atoms with Crippen LogP contribution in [0.25, 0.3) is 11.1 Å². The zero-order valence-corrected chi connectivity index (χ0v) is 17.5. The number of hydrogen-bond donors (Lipinski definition) is 1. The smallest absolute Gasteiger partial charge is 0.122 e. The molecule has 0 saturated carbocycles. The van der Waals surface area contributed by atoms with Gasteiger partial charge in [0.15, 0.2) is 0 Å². The first-order valence-electron chi connectivity index (χ1n) is 9.18. The largest absolute Gasteiger partial charge is 0.491 e. The molecule has 2 aromatic rings. The van der Waals surface area contributed by atoms with Gasteiger partial charge in [0, 0.05) is 15.0 Å². The zero-order chi connectivity index (χ0) is 19.2. The summed E-state index contributed by atoms with van der Waals surface area (Å²) in [5.74, 6) is 0.828. The van der Waals surface area contributed by atoms with Crippen molar-refractivity contribution in [2.45, 2.75) is 40.7 Å². The van der Waals surface area contributed by atoms with Gasteiger partial charge >= 0.3 is 0 Å². The Morgan fingerprint density at radius 2 is 1.50 bits per heavy atom. The van der Waals surface area contributed by atoms with E-state index < -0.39 is 6.10 Å². The van der Waals surface area contributed by atoms with Gasteiger partial charge in [-0.2, -0.15) is 0 Å². The third kappa shape index (κ3) is 9.07. The highest BCUT2D eigenvalue weighted by Crippen LogP contribution is 2.29. The lowest BCUT2D eigenvalue weighted by Gasteiger charge is -2.18. The summed E-state index contributed by atoms with van der Waals surface area (Å²) in [6.07, 6.45) is -0.486. The Balaban J connectivity index is 0. The minimum Gasteiger partial charge on any atom is -0.491 e. The van der Waals surface area contributed by atoms with E-state index in [9.17, 15) is 5.11 Å². The van der Waals surface area contributed by atoms with Crippen molar-refractivity contribution < 1.29 is 9.84 Å². The monoisotopic (exact) mass is 356 g/mol. The fraction of sp³-hybridized carbons (Fsp3) is 0.455. The molecule has 26 heavy (non-hydrogen) atoms. The third-order valence-electron chi connectivity index (χ3n) is 3.38. The molecule has 0 aliphatic carbocycles. The molecule has 0 fully saturated rings. The van der Waals surface area contributed by atoms with Crippen LogP contribution in [0.2, 0.25) is 0 Å². The molecule has 0 unspecified atom stereocenters. The summed E-state index contributed by atoms with van der Waals surface area (Å²) in [6, 6.07) is 16.3. The molecule has 0 aliphatic rings. The van der Waals surface area contributed by atoms with Crippen LogP contribution in [0.5, 0.6) is 5.75 Å². The molecule has 0 aliphatic heterocycles. The molecular formula is C22H35BNO2. The summed E-state index contributed by atoms with van der Waals surface area (Å²) >= 11 is 0. The van der Waals surface area contributed by atoms with E-state index in [0.717, 1.165) is 16.9 Å². The second kappa shape index (κ2) is 15.5. The van der Waals surface area contributed by atoms with Crippen LogP contribution in [0, 0.1) is 6.92 Å². The number of aliphatic hydroxyl groups is 1. The minimum absolute atomic E-state index is 0. The highest BCUT2D eigenvalue weighted by molar-refractivity contribution is 5.75. The van der Waals surface area contributed by atoms with E-state index in [1.165, 1.54) is 5.56 Å². The maximum atomic E-state index is 9.89. The number of aliphatic hydroxyl groups excluding tert-OH is 1. The molecular weight excluding hydrogens is 321 g/mol. The molecule has 0 spiro atoms. The summed E-state index contributed by atoms with van der Waals surface area (Å²) in [4.78, 5) is 1.95. The average Bonchev–Trinajstić information content (AvgIpc) is 2.64. The van der Waals surface area contributed by atoms with E-state index in [1.54, 1.807) is 0 Å². The maximum absolute atomic E-state index is 9.89. The van der Waals surface area contributed by atoms with E-state index in [0.29, 0.717) is 13.2 Å². The highest BCUT2D eigenvalue weighted by Gasteiger charge is 2.10. The van der Waals surface area contributed by atoms with Crippen LogP contribution in [0.15, 0.2) is 48.5 Å². The molecule has 3 radical (unpaired) electrons. The molecule has 3 nitrogen and oxygen atoms in total. The molecule has 1 N–H and O–H groups in total. The van der Waals surface area contributed by atoms with Gasteiger partial charge in [-0.3, -0.25) is 0 Å². The molecule has 2 rings (SSSR count). The number of ether oxygens (including phenoxy) is 1. The Bertz CT molecular complexity index is 574. The predicted molar refractivity (Wildman–Crippen MR) is 115 cm³/mol. The van der Waals surface area contributed by atoms with Gasteiger partial charge in [-0.05, 0) is 43.8 Å². The highest BCUT2D eigenvalue weighted by atomic mass is 16.5. The third-order valence-corrected chi connectivity index (χ3v) is 3.38. The van der Waals surface area contributed by atoms with Crippen LogP contribution in [0.3, 0.4) is 0 Å². The van der Waals surface area contributed by atoms with Gasteiger partial charge in [-0.25, -0.2) is 0 Å². The molecule has 0 aromatic heterocycles. The lowest BCUT2D eigenvalue weighted by molar-refractivity contribution is 0.0828. The first-order chi connectivity index (χ1) is 12.1. The maximum Gasteiger partial charge on any atom is 0.122 e.